The van der Waals surface area contributed by atoms with Crippen molar-refractivity contribution in [1.29, 1.82) is 0 Å². The maximum atomic E-state index is 13.0. The van der Waals surface area contributed by atoms with Crippen molar-refractivity contribution in [1.82, 2.24) is 5.32 Å². The van der Waals surface area contributed by atoms with Gasteiger partial charge in [0.25, 0.3) is 0 Å². The number of hydrogen-bond acceptors (Lipinski definition) is 3. The van der Waals surface area contributed by atoms with Gasteiger partial charge in [-0.05, 0) is 24.6 Å². The summed E-state index contributed by atoms with van der Waals surface area (Å²) in [4.78, 5) is 35.3. The summed E-state index contributed by atoms with van der Waals surface area (Å²) in [7, 11) is 0. The number of nitrogens with one attached hydrogen (secondary N) is 1. The SMILES string of the molecule is Cc1ccc(C(=O)CCC(=O)NC(CC(=O)O)c2ccc(F)cc2)cc1. The van der Waals surface area contributed by atoms with Gasteiger partial charge in [0.05, 0.1) is 12.5 Å². The molecule has 2 N–H and O–H groups in total. The number of carboxylic acid groups (broad SMARTS) is 1. The summed E-state index contributed by atoms with van der Waals surface area (Å²) < 4.78 is 13.0. The predicted octanol–water partition coefficient (Wildman–Crippen LogP) is 3.43. The molecule has 5 nitrogen and oxygen atoms in total. The highest BCUT2D eigenvalue weighted by Crippen LogP contribution is 2.18. The number of amides is 1. The van der Waals surface area contributed by atoms with E-state index in [0.29, 0.717) is 11.1 Å². The third-order valence-corrected chi connectivity index (χ3v) is 3.94. The lowest BCUT2D eigenvalue weighted by molar-refractivity contribution is -0.137. The van der Waals surface area contributed by atoms with Crippen molar-refractivity contribution in [2.45, 2.75) is 32.2 Å². The first-order chi connectivity index (χ1) is 12.3. The van der Waals surface area contributed by atoms with Gasteiger partial charge in [-0.2, -0.15) is 0 Å². The van der Waals surface area contributed by atoms with Crippen molar-refractivity contribution >= 4 is 17.7 Å². The number of ketones is 1. The molecule has 0 aliphatic carbocycles. The molecule has 136 valence electrons. The van der Waals surface area contributed by atoms with Crippen molar-refractivity contribution in [3.63, 3.8) is 0 Å². The van der Waals surface area contributed by atoms with Crippen LogP contribution in [0.5, 0.6) is 0 Å². The molecule has 0 fully saturated rings. The first-order valence-corrected chi connectivity index (χ1v) is 8.21. The second-order valence-corrected chi connectivity index (χ2v) is 6.06. The van der Waals surface area contributed by atoms with Crippen LogP contribution in [0.4, 0.5) is 4.39 Å². The molecule has 6 heteroatoms. The fourth-order valence-electron chi connectivity index (χ4n) is 2.50. The molecule has 0 radical (unpaired) electrons. The molecule has 0 aliphatic heterocycles. The van der Waals surface area contributed by atoms with Gasteiger partial charge in [-0.25, -0.2) is 4.39 Å². The Bertz CT molecular complexity index is 784. The Morgan fingerprint density at radius 2 is 1.62 bits per heavy atom. The third kappa shape index (κ3) is 5.81. The van der Waals surface area contributed by atoms with Crippen LogP contribution in [0.25, 0.3) is 0 Å². The summed E-state index contributed by atoms with van der Waals surface area (Å²) >= 11 is 0. The first kappa shape index (κ1) is 19.3. The summed E-state index contributed by atoms with van der Waals surface area (Å²) in [6, 6.07) is 11.6. The van der Waals surface area contributed by atoms with E-state index in [0.717, 1.165) is 5.56 Å². The van der Waals surface area contributed by atoms with Gasteiger partial charge in [-0.1, -0.05) is 42.0 Å². The van der Waals surface area contributed by atoms with E-state index >= 15 is 0 Å². The van der Waals surface area contributed by atoms with Crippen molar-refractivity contribution in [3.8, 4) is 0 Å². The normalized spacial score (nSPS) is 11.6. The highest BCUT2D eigenvalue weighted by molar-refractivity contribution is 5.98. The van der Waals surface area contributed by atoms with E-state index in [-0.39, 0.29) is 25.0 Å². The molecule has 0 saturated heterocycles. The number of hydrogen-bond donors (Lipinski definition) is 2. The number of rotatable bonds is 8. The van der Waals surface area contributed by atoms with E-state index in [9.17, 15) is 18.8 Å². The zero-order chi connectivity index (χ0) is 19.1. The summed E-state index contributed by atoms with van der Waals surface area (Å²) in [5.41, 5.74) is 2.06. The number of benzene rings is 2. The Morgan fingerprint density at radius 3 is 2.19 bits per heavy atom. The topological polar surface area (TPSA) is 83.5 Å². The lowest BCUT2D eigenvalue weighted by Gasteiger charge is -2.17. The van der Waals surface area contributed by atoms with E-state index in [1.54, 1.807) is 12.1 Å². The molecule has 1 atom stereocenters. The number of Topliss-reactive ketones (excluding diaryl/α,β-unsaturated/α-hetero) is 1. The number of carboxylic acids is 1. The van der Waals surface area contributed by atoms with Crippen LogP contribution >= 0.6 is 0 Å². The number of halogens is 1. The highest BCUT2D eigenvalue weighted by atomic mass is 19.1. The van der Waals surface area contributed by atoms with Gasteiger partial charge in [0.1, 0.15) is 5.82 Å². The second kappa shape index (κ2) is 8.89. The van der Waals surface area contributed by atoms with Gasteiger partial charge in [0, 0.05) is 18.4 Å². The van der Waals surface area contributed by atoms with Crippen LogP contribution in [0.2, 0.25) is 0 Å². The zero-order valence-electron chi connectivity index (χ0n) is 14.4. The highest BCUT2D eigenvalue weighted by Gasteiger charge is 2.19. The molecular weight excluding hydrogens is 337 g/mol. The van der Waals surface area contributed by atoms with Crippen molar-refractivity contribution in [2.24, 2.45) is 0 Å². The van der Waals surface area contributed by atoms with Gasteiger partial charge in [-0.15, -0.1) is 0 Å². The summed E-state index contributed by atoms with van der Waals surface area (Å²) in [5.74, 6) is -2.12. The molecule has 26 heavy (non-hydrogen) atoms. The van der Waals surface area contributed by atoms with Crippen LogP contribution in [0.15, 0.2) is 48.5 Å². The van der Waals surface area contributed by atoms with Crippen molar-refractivity contribution in [2.75, 3.05) is 0 Å². The Kier molecular flexibility index (Phi) is 6.60. The minimum absolute atomic E-state index is 0.0259. The quantitative estimate of drug-likeness (QED) is 0.709. The fraction of sp³-hybridized carbons (Fsp3) is 0.250. The molecule has 0 heterocycles. The van der Waals surface area contributed by atoms with Gasteiger partial charge in [0.15, 0.2) is 5.78 Å². The van der Waals surface area contributed by atoms with Gasteiger partial charge in [0.2, 0.25) is 5.91 Å². The van der Waals surface area contributed by atoms with E-state index in [4.69, 9.17) is 5.11 Å². The van der Waals surface area contributed by atoms with E-state index in [2.05, 4.69) is 5.32 Å². The van der Waals surface area contributed by atoms with Gasteiger partial charge < -0.3 is 10.4 Å². The predicted molar refractivity (Wildman–Crippen MR) is 94.3 cm³/mol. The lowest BCUT2D eigenvalue weighted by atomic mass is 10.0. The zero-order valence-corrected chi connectivity index (χ0v) is 14.4. The lowest BCUT2D eigenvalue weighted by Crippen LogP contribution is -2.30. The number of carbonyl (C=O) groups excluding carboxylic acids is 2. The summed E-state index contributed by atoms with van der Waals surface area (Å²) in [6.07, 6.45) is -0.356. The van der Waals surface area contributed by atoms with Crippen molar-refractivity contribution < 1.29 is 23.9 Å². The number of carbonyl (C=O) groups is 3. The Hall–Kier alpha value is -3.02. The Labute approximate surface area is 150 Å². The van der Waals surface area contributed by atoms with Gasteiger partial charge in [-0.3, -0.25) is 14.4 Å². The molecule has 1 amide bonds. The second-order valence-electron chi connectivity index (χ2n) is 6.06. The molecule has 2 aromatic carbocycles. The standard InChI is InChI=1S/C20H20FNO4/c1-13-2-4-15(5-3-13)18(23)10-11-19(24)22-17(12-20(25)26)14-6-8-16(21)9-7-14/h2-9,17H,10-12H2,1H3,(H,22,24)(H,25,26). The maximum Gasteiger partial charge on any atom is 0.305 e. The van der Waals surface area contributed by atoms with Gasteiger partial charge >= 0.3 is 5.97 Å². The number of aliphatic carboxylic acids is 1. The molecular formula is C20H20FNO4. The molecule has 1 unspecified atom stereocenters. The maximum absolute atomic E-state index is 13.0. The summed E-state index contributed by atoms with van der Waals surface area (Å²) in [5, 5.41) is 11.6. The Balaban J connectivity index is 1.96. The van der Waals surface area contributed by atoms with Crippen LogP contribution in [-0.2, 0) is 9.59 Å². The fourth-order valence-corrected chi connectivity index (χ4v) is 2.50. The molecule has 0 aromatic heterocycles. The molecule has 0 aliphatic rings. The molecule has 2 rings (SSSR count). The third-order valence-electron chi connectivity index (χ3n) is 3.94. The van der Waals surface area contributed by atoms with Crippen molar-refractivity contribution in [3.05, 3.63) is 71.0 Å². The van der Waals surface area contributed by atoms with E-state index in [1.807, 2.05) is 19.1 Å². The minimum Gasteiger partial charge on any atom is -0.481 e. The van der Waals surface area contributed by atoms with Crippen LogP contribution < -0.4 is 5.32 Å². The molecule has 0 bridgehead atoms. The van der Waals surface area contributed by atoms with E-state index in [1.165, 1.54) is 24.3 Å². The van der Waals surface area contributed by atoms with E-state index < -0.39 is 23.7 Å². The monoisotopic (exact) mass is 357 g/mol. The number of aryl methyl sites for hydroxylation is 1. The smallest absolute Gasteiger partial charge is 0.305 e. The average Bonchev–Trinajstić information content (AvgIpc) is 2.60. The van der Waals surface area contributed by atoms with Crippen LogP contribution in [0.3, 0.4) is 0 Å². The first-order valence-electron chi connectivity index (χ1n) is 8.21. The van der Waals surface area contributed by atoms with Crippen LogP contribution in [0, 0.1) is 12.7 Å². The molecule has 2 aromatic rings. The molecule has 0 saturated carbocycles. The largest absolute Gasteiger partial charge is 0.481 e. The van der Waals surface area contributed by atoms with Crippen LogP contribution in [0.1, 0.15) is 46.8 Å². The minimum atomic E-state index is -1.09. The summed E-state index contributed by atoms with van der Waals surface area (Å²) in [6.45, 7) is 1.92. The average molecular weight is 357 g/mol. The molecule has 0 spiro atoms. The Morgan fingerprint density at radius 1 is 1.00 bits per heavy atom. The van der Waals surface area contributed by atoms with Crippen LogP contribution in [-0.4, -0.2) is 22.8 Å².